The smallest absolute Gasteiger partial charge is 0.0361 e. The minimum atomic E-state index is 0.00407. The summed E-state index contributed by atoms with van der Waals surface area (Å²) in [5.41, 5.74) is 13.2. The molecule has 0 atom stereocenters. The van der Waals surface area contributed by atoms with Crippen molar-refractivity contribution < 1.29 is 0 Å². The molecule has 13 rings (SSSR count). The van der Waals surface area contributed by atoms with Crippen molar-refractivity contribution in [1.29, 1.82) is 0 Å². The van der Waals surface area contributed by atoms with Crippen LogP contribution in [0.15, 0.2) is 182 Å². The van der Waals surface area contributed by atoms with Crippen molar-refractivity contribution >= 4 is 95.3 Å². The van der Waals surface area contributed by atoms with E-state index in [1.54, 1.807) is 0 Å². The number of hydrogen-bond acceptors (Lipinski definition) is 2. The zero-order valence-corrected chi connectivity index (χ0v) is 34.3. The molecule has 2 aromatic heterocycles. The number of hydrogen-bond donors (Lipinski definition) is 0. The van der Waals surface area contributed by atoms with Crippen molar-refractivity contribution in [2.75, 3.05) is 0 Å². The van der Waals surface area contributed by atoms with Gasteiger partial charge in [0.2, 0.25) is 0 Å². The molecule has 0 unspecified atom stereocenters. The highest BCUT2D eigenvalue weighted by molar-refractivity contribution is 7.26. The van der Waals surface area contributed by atoms with E-state index in [2.05, 4.69) is 196 Å². The third kappa shape index (κ3) is 4.76. The van der Waals surface area contributed by atoms with Crippen molar-refractivity contribution in [3.63, 3.8) is 0 Å². The van der Waals surface area contributed by atoms with Gasteiger partial charge in [0.25, 0.3) is 0 Å². The van der Waals surface area contributed by atoms with E-state index in [4.69, 9.17) is 0 Å². The van der Waals surface area contributed by atoms with E-state index in [0.29, 0.717) is 0 Å². The largest absolute Gasteiger partial charge is 0.135 e. The van der Waals surface area contributed by atoms with Gasteiger partial charge in [-0.15, -0.1) is 22.7 Å². The van der Waals surface area contributed by atoms with Crippen LogP contribution < -0.4 is 0 Å². The van der Waals surface area contributed by atoms with E-state index < -0.39 is 0 Å². The Hall–Kier alpha value is -6.58. The van der Waals surface area contributed by atoms with Crippen molar-refractivity contribution in [1.82, 2.24) is 0 Å². The number of benzene rings is 10. The molecule has 2 heterocycles. The zero-order chi connectivity index (χ0) is 39.0. The molecule has 0 N–H and O–H groups in total. The van der Waals surface area contributed by atoms with E-state index in [1.807, 2.05) is 22.7 Å². The Bertz CT molecular complexity index is 3690. The van der Waals surface area contributed by atoms with Gasteiger partial charge < -0.3 is 0 Å². The van der Waals surface area contributed by atoms with Gasteiger partial charge >= 0.3 is 0 Å². The van der Waals surface area contributed by atoms with E-state index in [-0.39, 0.29) is 5.41 Å². The Morgan fingerprint density at radius 2 is 0.898 bits per heavy atom. The molecule has 276 valence electrons. The molecule has 0 radical (unpaired) electrons. The summed E-state index contributed by atoms with van der Waals surface area (Å²) in [4.78, 5) is 0. The summed E-state index contributed by atoms with van der Waals surface area (Å²) in [6, 6.07) is 68.7. The Morgan fingerprint density at radius 3 is 1.68 bits per heavy atom. The second-order valence-electron chi connectivity index (χ2n) is 16.8. The number of thiophene rings is 2. The SMILES string of the molecule is CC1(C)c2ccccc2-c2cc3c(cc21)sc1cc2cc(-c4ccc(-c5c6ccccc6c(-c6cccc7sc8ccccc8c67)c6ccccc56)cc4)ccc2cc13. The Morgan fingerprint density at radius 1 is 0.322 bits per heavy atom. The quantitative estimate of drug-likeness (QED) is 0.157. The van der Waals surface area contributed by atoms with E-state index >= 15 is 0 Å². The van der Waals surface area contributed by atoms with E-state index in [0.717, 1.165) is 0 Å². The predicted molar refractivity (Wildman–Crippen MR) is 259 cm³/mol. The summed E-state index contributed by atoms with van der Waals surface area (Å²) < 4.78 is 5.38. The van der Waals surface area contributed by atoms with Gasteiger partial charge in [-0.1, -0.05) is 153 Å². The maximum absolute atomic E-state index is 2.47. The average Bonchev–Trinajstić information content (AvgIpc) is 3.91. The standard InChI is InChI=1S/C57H36S2/c1-57(2)48-19-9-7-12-38(48)45-31-47-46-29-36-27-26-35(28-37(36)30-52(46)59-53(47)32-49(45)57)33-22-24-34(25-23-33)54-39-13-3-5-15-41(39)55(42-16-6-4-14-40(42)54)44-18-11-21-51-56(44)43-17-8-10-20-50(43)58-51/h3-32H,1-2H3. The van der Waals surface area contributed by atoms with Crippen LogP contribution in [0, 0.1) is 0 Å². The van der Waals surface area contributed by atoms with Crippen LogP contribution in [0.3, 0.4) is 0 Å². The topological polar surface area (TPSA) is 0 Å². The summed E-state index contributed by atoms with van der Waals surface area (Å²) in [5, 5.41) is 13.1. The molecule has 0 fully saturated rings. The fourth-order valence-electron chi connectivity index (χ4n) is 10.4. The highest BCUT2D eigenvalue weighted by Gasteiger charge is 2.35. The van der Waals surface area contributed by atoms with Crippen LogP contribution in [-0.2, 0) is 5.41 Å². The summed E-state index contributed by atoms with van der Waals surface area (Å²) >= 11 is 3.81. The van der Waals surface area contributed by atoms with Crippen molar-refractivity contribution in [3.05, 3.63) is 193 Å². The lowest BCUT2D eigenvalue weighted by Gasteiger charge is -2.21. The molecule has 0 amide bonds. The number of rotatable bonds is 3. The first-order chi connectivity index (χ1) is 29.0. The van der Waals surface area contributed by atoms with Gasteiger partial charge in [-0.3, -0.25) is 0 Å². The first kappa shape index (κ1) is 33.4. The highest BCUT2D eigenvalue weighted by Crippen LogP contribution is 2.52. The molecule has 0 saturated heterocycles. The van der Waals surface area contributed by atoms with E-state index in [1.165, 1.54) is 128 Å². The fourth-order valence-corrected chi connectivity index (χ4v) is 12.7. The molecule has 0 spiro atoms. The molecule has 10 aromatic carbocycles. The first-order valence-electron chi connectivity index (χ1n) is 20.5. The minimum absolute atomic E-state index is 0.00407. The van der Waals surface area contributed by atoms with Gasteiger partial charge in [0.1, 0.15) is 0 Å². The summed E-state index contributed by atoms with van der Waals surface area (Å²) in [5.74, 6) is 0. The van der Waals surface area contributed by atoms with Gasteiger partial charge in [-0.05, 0) is 130 Å². The summed E-state index contributed by atoms with van der Waals surface area (Å²) in [6.45, 7) is 4.74. The van der Waals surface area contributed by atoms with Crippen LogP contribution in [0.1, 0.15) is 25.0 Å². The predicted octanol–water partition coefficient (Wildman–Crippen LogP) is 17.2. The van der Waals surface area contributed by atoms with Crippen LogP contribution >= 0.6 is 22.7 Å². The third-order valence-corrected chi connectivity index (χ3v) is 15.5. The Kier molecular flexibility index (Phi) is 6.92. The van der Waals surface area contributed by atoms with Gasteiger partial charge in [0, 0.05) is 45.8 Å². The summed E-state index contributed by atoms with van der Waals surface area (Å²) in [7, 11) is 0. The van der Waals surface area contributed by atoms with Crippen molar-refractivity contribution in [2.45, 2.75) is 19.3 Å². The molecule has 1 aliphatic rings. The molecule has 0 saturated carbocycles. The molecule has 1 aliphatic carbocycles. The molecule has 0 aliphatic heterocycles. The van der Waals surface area contributed by atoms with Gasteiger partial charge in [0.15, 0.2) is 0 Å². The zero-order valence-electron chi connectivity index (χ0n) is 32.6. The van der Waals surface area contributed by atoms with Gasteiger partial charge in [-0.2, -0.15) is 0 Å². The van der Waals surface area contributed by atoms with Crippen LogP contribution in [0.25, 0.3) is 117 Å². The fraction of sp³-hybridized carbons (Fsp3) is 0.0526. The van der Waals surface area contributed by atoms with Crippen molar-refractivity contribution in [3.8, 4) is 44.5 Å². The number of fused-ring (bicyclic) bond motifs is 12. The molecule has 2 heteroatoms. The third-order valence-electron chi connectivity index (χ3n) is 13.2. The molecular weight excluding hydrogens is 749 g/mol. The second kappa shape index (κ2) is 12.2. The van der Waals surface area contributed by atoms with Gasteiger partial charge in [0.05, 0.1) is 0 Å². The summed E-state index contributed by atoms with van der Waals surface area (Å²) in [6.07, 6.45) is 0. The first-order valence-corrected chi connectivity index (χ1v) is 22.1. The lowest BCUT2D eigenvalue weighted by molar-refractivity contribution is 0.661. The molecule has 0 bridgehead atoms. The average molecular weight is 785 g/mol. The van der Waals surface area contributed by atoms with E-state index in [9.17, 15) is 0 Å². The van der Waals surface area contributed by atoms with Crippen LogP contribution in [-0.4, -0.2) is 0 Å². The molecule has 12 aromatic rings. The van der Waals surface area contributed by atoms with Crippen LogP contribution in [0.5, 0.6) is 0 Å². The van der Waals surface area contributed by atoms with Gasteiger partial charge in [-0.25, -0.2) is 0 Å². The lowest BCUT2D eigenvalue weighted by Crippen LogP contribution is -2.14. The molecular formula is C57H36S2. The Labute approximate surface area is 350 Å². The minimum Gasteiger partial charge on any atom is -0.135 e. The lowest BCUT2D eigenvalue weighted by atomic mass is 9.82. The normalized spacial score (nSPS) is 13.4. The molecule has 59 heavy (non-hydrogen) atoms. The second-order valence-corrected chi connectivity index (χ2v) is 18.9. The van der Waals surface area contributed by atoms with Crippen molar-refractivity contribution in [2.24, 2.45) is 0 Å². The molecule has 0 nitrogen and oxygen atoms in total. The maximum Gasteiger partial charge on any atom is 0.0361 e. The monoisotopic (exact) mass is 784 g/mol. The Balaban J connectivity index is 0.923. The van der Waals surface area contributed by atoms with Crippen LogP contribution in [0.2, 0.25) is 0 Å². The van der Waals surface area contributed by atoms with Crippen LogP contribution in [0.4, 0.5) is 0 Å². The maximum atomic E-state index is 2.47. The highest BCUT2D eigenvalue weighted by atomic mass is 32.1.